The summed E-state index contributed by atoms with van der Waals surface area (Å²) in [4.78, 5) is 53.8. The van der Waals surface area contributed by atoms with Crippen molar-refractivity contribution in [2.24, 2.45) is 17.8 Å². The Bertz CT molecular complexity index is 1590. The molecule has 2 heterocycles. The number of carbonyl (C=O) groups excluding carboxylic acids is 4. The van der Waals surface area contributed by atoms with E-state index in [0.717, 1.165) is 10.5 Å². The quantitative estimate of drug-likeness (QED) is 0.191. The summed E-state index contributed by atoms with van der Waals surface area (Å²) >= 11 is 17.8. The molecule has 2 aliphatic heterocycles. The van der Waals surface area contributed by atoms with Crippen molar-refractivity contribution in [3.63, 3.8) is 0 Å². The molecule has 0 aromatic heterocycles. The number of nitrogens with zero attached hydrogens (tertiary/aromatic N) is 2. The van der Waals surface area contributed by atoms with Crippen LogP contribution in [-0.2, 0) is 25.6 Å². The molecule has 13 heteroatoms. The number of phenolic OH excluding ortho intramolecular Hbond substituents is 2. The van der Waals surface area contributed by atoms with E-state index in [-0.39, 0.29) is 59.7 Å². The second kappa shape index (κ2) is 11.0. The molecule has 3 fully saturated rings. The van der Waals surface area contributed by atoms with Gasteiger partial charge in [0.15, 0.2) is 9.75 Å². The Kier molecular flexibility index (Phi) is 7.65. The van der Waals surface area contributed by atoms with Gasteiger partial charge in [-0.3, -0.25) is 29.0 Å². The van der Waals surface area contributed by atoms with Gasteiger partial charge in [0.05, 0.1) is 31.5 Å². The molecule has 10 nitrogen and oxygen atoms in total. The van der Waals surface area contributed by atoms with Crippen molar-refractivity contribution < 1.29 is 38.9 Å². The number of carbonyl (C=O) groups is 4. The van der Waals surface area contributed by atoms with Crippen LogP contribution < -0.4 is 9.47 Å². The van der Waals surface area contributed by atoms with E-state index in [9.17, 15) is 29.4 Å². The number of fused-ring (bicyclic) bond motifs is 4. The van der Waals surface area contributed by atoms with E-state index in [2.05, 4.69) is 15.9 Å². The number of halogens is 3. The molecule has 2 N–H and O–H groups in total. The van der Waals surface area contributed by atoms with Gasteiger partial charge in [0.25, 0.3) is 11.8 Å². The van der Waals surface area contributed by atoms with Crippen molar-refractivity contribution in [3.05, 3.63) is 59.2 Å². The summed E-state index contributed by atoms with van der Waals surface area (Å²) in [5.74, 6) is -5.21. The highest BCUT2D eigenvalue weighted by molar-refractivity contribution is 9.09. The van der Waals surface area contributed by atoms with Crippen LogP contribution in [0.5, 0.6) is 23.0 Å². The van der Waals surface area contributed by atoms with Gasteiger partial charge in [0.2, 0.25) is 11.8 Å². The average Bonchev–Trinajstić information content (AvgIpc) is 3.33. The van der Waals surface area contributed by atoms with Crippen molar-refractivity contribution in [2.45, 2.75) is 34.9 Å². The predicted molar refractivity (Wildman–Crippen MR) is 163 cm³/mol. The predicted octanol–water partition coefficient (Wildman–Crippen LogP) is 4.07. The number of phenols is 2. The second-order valence-corrected chi connectivity index (χ2v) is 13.2. The second-order valence-electron chi connectivity index (χ2n) is 11.5. The Morgan fingerprint density at radius 3 is 2.14 bits per heavy atom. The first-order valence-corrected chi connectivity index (χ1v) is 15.9. The molecule has 232 valence electrons. The van der Waals surface area contributed by atoms with E-state index in [0.29, 0.717) is 17.6 Å². The molecule has 1 saturated carbocycles. The maximum atomic E-state index is 14.1. The molecule has 0 spiro atoms. The highest BCUT2D eigenvalue weighted by Crippen LogP contribution is 2.67. The molecule has 2 saturated heterocycles. The zero-order valence-corrected chi connectivity index (χ0v) is 26.9. The fourth-order valence-electron chi connectivity index (χ4n) is 7.47. The lowest BCUT2D eigenvalue weighted by molar-refractivity contribution is -0.141. The lowest BCUT2D eigenvalue weighted by atomic mass is 9.56. The lowest BCUT2D eigenvalue weighted by Gasteiger charge is -2.51. The number of amides is 4. The van der Waals surface area contributed by atoms with E-state index in [4.69, 9.17) is 32.7 Å². The van der Waals surface area contributed by atoms with Crippen molar-refractivity contribution >= 4 is 62.8 Å². The SMILES string of the molecule is COc1cc(O)cc(OC)c1[C@H]1C2=CC[C@@H]3C(=O)N(CCc4ccc(O)cc4)C(=O)[C@@H]3[C@@H]2C[C@@]2(Cl)C(=O)N(CBr)C(=O)[C@@]12Cl. The third kappa shape index (κ3) is 4.19. The van der Waals surface area contributed by atoms with Crippen LogP contribution >= 0.6 is 39.1 Å². The highest BCUT2D eigenvalue weighted by Gasteiger charge is 2.76. The van der Waals surface area contributed by atoms with Crippen LogP contribution in [0.4, 0.5) is 0 Å². The molecular formula is C31H29BrCl2N2O8. The van der Waals surface area contributed by atoms with Crippen LogP contribution in [0, 0.1) is 17.8 Å². The van der Waals surface area contributed by atoms with Gasteiger partial charge >= 0.3 is 0 Å². The molecule has 4 aliphatic rings. The van der Waals surface area contributed by atoms with E-state index in [1.54, 1.807) is 24.3 Å². The molecule has 6 rings (SSSR count). The highest BCUT2D eigenvalue weighted by atomic mass is 79.9. The van der Waals surface area contributed by atoms with Crippen molar-refractivity contribution in [3.8, 4) is 23.0 Å². The minimum atomic E-state index is -2.05. The molecule has 2 aromatic rings. The Morgan fingerprint density at radius 2 is 1.55 bits per heavy atom. The Morgan fingerprint density at radius 1 is 0.909 bits per heavy atom. The van der Waals surface area contributed by atoms with E-state index in [1.807, 2.05) is 6.08 Å². The molecule has 44 heavy (non-hydrogen) atoms. The summed E-state index contributed by atoms with van der Waals surface area (Å²) in [6.45, 7) is 0.140. The standard InChI is InChI=1S/C31H29BrCl2N2O8/c1-43-21-11-17(38)12-22(44-2)24(21)25-18-7-8-19-23(20(18)13-30(33)28(41)36(14-32)29(42)31(25,30)34)27(40)35(26(19)39)10-9-15-3-5-16(37)6-4-15/h3-7,11-12,19-20,23,25,37-38H,8-10,13-14H2,1-2H3/t19-,20+,23-,25+,30+,31-/m0/s1. The van der Waals surface area contributed by atoms with Crippen LogP contribution in [0.1, 0.15) is 29.9 Å². The van der Waals surface area contributed by atoms with Crippen LogP contribution in [0.2, 0.25) is 0 Å². The number of allylic oxidation sites excluding steroid dienone is 2. The molecule has 4 amide bonds. The zero-order chi connectivity index (χ0) is 31.7. The summed E-state index contributed by atoms with van der Waals surface area (Å²) in [6, 6.07) is 9.24. The maximum Gasteiger partial charge on any atom is 0.254 e. The fraction of sp³-hybridized carbons (Fsp3) is 0.419. The number of hydrogen-bond donors (Lipinski definition) is 2. The van der Waals surface area contributed by atoms with Gasteiger partial charge in [-0.05, 0) is 42.9 Å². The zero-order valence-electron chi connectivity index (χ0n) is 23.8. The monoisotopic (exact) mass is 706 g/mol. The third-order valence-corrected chi connectivity index (χ3v) is 11.4. The fourth-order valence-corrected chi connectivity index (χ4v) is 8.88. The first kappa shape index (κ1) is 30.7. The van der Waals surface area contributed by atoms with Gasteiger partial charge in [0, 0.05) is 30.2 Å². The van der Waals surface area contributed by atoms with Gasteiger partial charge in [0.1, 0.15) is 23.0 Å². The number of ether oxygens (including phenoxy) is 2. The average molecular weight is 708 g/mol. The van der Waals surface area contributed by atoms with Crippen LogP contribution in [0.15, 0.2) is 48.0 Å². The molecule has 6 atom stereocenters. The van der Waals surface area contributed by atoms with E-state index >= 15 is 0 Å². The molecule has 2 aromatic carbocycles. The number of rotatable bonds is 7. The summed E-state index contributed by atoms with van der Waals surface area (Å²) in [7, 11) is 2.77. The topological polar surface area (TPSA) is 134 Å². The minimum Gasteiger partial charge on any atom is -0.508 e. The van der Waals surface area contributed by atoms with Gasteiger partial charge in [-0.1, -0.05) is 39.7 Å². The number of likely N-dealkylation sites (tertiary alicyclic amines) is 2. The molecule has 2 aliphatic carbocycles. The van der Waals surface area contributed by atoms with Crippen LogP contribution in [0.3, 0.4) is 0 Å². The number of alkyl halides is 3. The van der Waals surface area contributed by atoms with Gasteiger partial charge < -0.3 is 19.7 Å². The molecule has 0 bridgehead atoms. The summed E-state index contributed by atoms with van der Waals surface area (Å²) in [5, 5.41) is 20.0. The van der Waals surface area contributed by atoms with Gasteiger partial charge in [-0.2, -0.15) is 0 Å². The largest absolute Gasteiger partial charge is 0.508 e. The van der Waals surface area contributed by atoms with Crippen molar-refractivity contribution in [1.82, 2.24) is 9.80 Å². The van der Waals surface area contributed by atoms with Crippen molar-refractivity contribution in [2.75, 3.05) is 26.2 Å². The van der Waals surface area contributed by atoms with E-state index in [1.165, 1.54) is 31.3 Å². The molecule has 0 unspecified atom stereocenters. The van der Waals surface area contributed by atoms with Crippen molar-refractivity contribution in [1.29, 1.82) is 0 Å². The number of aromatic hydroxyl groups is 2. The Balaban J connectivity index is 1.47. The van der Waals surface area contributed by atoms with Gasteiger partial charge in [-0.25, -0.2) is 0 Å². The van der Waals surface area contributed by atoms with Crippen LogP contribution in [-0.4, -0.2) is 79.6 Å². The summed E-state index contributed by atoms with van der Waals surface area (Å²) < 4.78 is 11.3. The summed E-state index contributed by atoms with van der Waals surface area (Å²) in [6.07, 6.45) is 2.28. The van der Waals surface area contributed by atoms with Gasteiger partial charge in [-0.15, -0.1) is 23.2 Å². The number of imide groups is 2. The molecular weight excluding hydrogens is 679 g/mol. The molecule has 0 radical (unpaired) electrons. The van der Waals surface area contributed by atoms with Crippen LogP contribution in [0.25, 0.3) is 0 Å². The first-order chi connectivity index (χ1) is 20.9. The first-order valence-electron chi connectivity index (χ1n) is 14.0. The smallest absolute Gasteiger partial charge is 0.254 e. The normalized spacial score (nSPS) is 31.1. The Hall–Kier alpha value is -3.28. The number of methoxy groups -OCH3 is 2. The minimum absolute atomic E-state index is 0.115. The van der Waals surface area contributed by atoms with E-state index < -0.39 is 45.2 Å². The maximum absolute atomic E-state index is 14.1. The lowest BCUT2D eigenvalue weighted by Crippen LogP contribution is -2.60. The number of benzene rings is 2. The summed E-state index contributed by atoms with van der Waals surface area (Å²) in [5.41, 5.74) is 1.57. The Labute approximate surface area is 271 Å². The number of hydrogen-bond acceptors (Lipinski definition) is 8. The third-order valence-electron chi connectivity index (χ3n) is 9.48.